The molecular formula is C8H7BrCl2O. The Balaban J connectivity index is 3.09. The van der Waals surface area contributed by atoms with Crippen molar-refractivity contribution in [2.45, 2.75) is 6.92 Å². The summed E-state index contributed by atoms with van der Waals surface area (Å²) in [5.74, 6) is 0.610. The van der Waals surface area contributed by atoms with Gasteiger partial charge in [0.25, 0.3) is 0 Å². The van der Waals surface area contributed by atoms with Crippen LogP contribution in [-0.2, 0) is 0 Å². The third kappa shape index (κ3) is 2.28. The van der Waals surface area contributed by atoms with Gasteiger partial charge in [0.15, 0.2) is 0 Å². The van der Waals surface area contributed by atoms with Crippen molar-refractivity contribution >= 4 is 39.1 Å². The number of rotatable bonds is 2. The van der Waals surface area contributed by atoms with Gasteiger partial charge in [-0.1, -0.05) is 39.1 Å². The van der Waals surface area contributed by atoms with Gasteiger partial charge in [0.2, 0.25) is 0 Å². The summed E-state index contributed by atoms with van der Waals surface area (Å²) in [6, 6.07) is 3.52. The fourth-order valence-electron chi connectivity index (χ4n) is 0.793. The summed E-state index contributed by atoms with van der Waals surface area (Å²) in [7, 11) is 0. The Bertz CT molecular complexity index is 289. The molecule has 0 radical (unpaired) electrons. The molecule has 0 saturated carbocycles. The number of hydrogen-bond donors (Lipinski definition) is 0. The van der Waals surface area contributed by atoms with E-state index in [1.807, 2.05) is 6.92 Å². The van der Waals surface area contributed by atoms with Crippen molar-refractivity contribution in [2.24, 2.45) is 0 Å². The van der Waals surface area contributed by atoms with E-state index in [2.05, 4.69) is 15.9 Å². The van der Waals surface area contributed by atoms with Crippen LogP contribution in [-0.4, -0.2) is 6.61 Å². The average Bonchev–Trinajstić information content (AvgIpc) is 2.00. The summed E-state index contributed by atoms with van der Waals surface area (Å²) in [6.45, 7) is 2.47. The van der Waals surface area contributed by atoms with Crippen LogP contribution in [0.1, 0.15) is 6.92 Å². The SMILES string of the molecule is CCOc1cc(Br)cc(Cl)c1Cl. The van der Waals surface area contributed by atoms with Crippen LogP contribution in [0.15, 0.2) is 16.6 Å². The van der Waals surface area contributed by atoms with Crippen molar-refractivity contribution in [2.75, 3.05) is 6.61 Å². The molecule has 0 aliphatic carbocycles. The zero-order valence-corrected chi connectivity index (χ0v) is 9.50. The molecule has 66 valence electrons. The van der Waals surface area contributed by atoms with Crippen molar-refractivity contribution < 1.29 is 4.74 Å². The van der Waals surface area contributed by atoms with E-state index in [1.165, 1.54) is 0 Å². The minimum atomic E-state index is 0.460. The van der Waals surface area contributed by atoms with E-state index < -0.39 is 0 Å². The van der Waals surface area contributed by atoms with E-state index in [-0.39, 0.29) is 0 Å². The third-order valence-corrected chi connectivity index (χ3v) is 2.50. The molecule has 0 fully saturated rings. The summed E-state index contributed by atoms with van der Waals surface area (Å²) in [5, 5.41) is 0.955. The first-order valence-electron chi connectivity index (χ1n) is 3.42. The lowest BCUT2D eigenvalue weighted by Gasteiger charge is -2.06. The molecule has 0 aliphatic rings. The predicted molar refractivity (Wildman–Crippen MR) is 55.3 cm³/mol. The molecule has 0 bridgehead atoms. The predicted octanol–water partition coefficient (Wildman–Crippen LogP) is 4.15. The van der Waals surface area contributed by atoms with E-state index in [1.54, 1.807) is 12.1 Å². The fraction of sp³-hybridized carbons (Fsp3) is 0.250. The molecule has 1 aromatic rings. The van der Waals surface area contributed by atoms with Gasteiger partial charge in [0.05, 0.1) is 11.6 Å². The van der Waals surface area contributed by atoms with Gasteiger partial charge in [-0.15, -0.1) is 0 Å². The number of hydrogen-bond acceptors (Lipinski definition) is 1. The molecule has 1 rings (SSSR count). The van der Waals surface area contributed by atoms with Crippen LogP contribution < -0.4 is 4.74 Å². The average molecular weight is 270 g/mol. The summed E-state index contributed by atoms with van der Waals surface area (Å²) >= 11 is 15.0. The fourth-order valence-corrected chi connectivity index (χ4v) is 1.74. The van der Waals surface area contributed by atoms with E-state index in [0.717, 1.165) is 4.47 Å². The maximum Gasteiger partial charge on any atom is 0.140 e. The Morgan fingerprint density at radius 1 is 1.42 bits per heavy atom. The Labute approximate surface area is 89.7 Å². The van der Waals surface area contributed by atoms with E-state index >= 15 is 0 Å². The van der Waals surface area contributed by atoms with Gasteiger partial charge >= 0.3 is 0 Å². The standard InChI is InChI=1S/C8H7BrCl2O/c1-2-12-7-4-5(9)3-6(10)8(7)11/h3-4H,2H2,1H3. The summed E-state index contributed by atoms with van der Waals surface area (Å²) in [6.07, 6.45) is 0. The van der Waals surface area contributed by atoms with Crippen molar-refractivity contribution in [3.63, 3.8) is 0 Å². The molecule has 12 heavy (non-hydrogen) atoms. The smallest absolute Gasteiger partial charge is 0.140 e. The quantitative estimate of drug-likeness (QED) is 0.733. The maximum absolute atomic E-state index is 5.87. The highest BCUT2D eigenvalue weighted by Gasteiger charge is 2.06. The minimum Gasteiger partial charge on any atom is -0.492 e. The van der Waals surface area contributed by atoms with Crippen molar-refractivity contribution in [3.05, 3.63) is 26.7 Å². The van der Waals surface area contributed by atoms with Gasteiger partial charge in [0, 0.05) is 4.47 Å². The molecule has 0 unspecified atom stereocenters. The van der Waals surface area contributed by atoms with Crippen LogP contribution >= 0.6 is 39.1 Å². The van der Waals surface area contributed by atoms with Gasteiger partial charge in [-0.3, -0.25) is 0 Å². The lowest BCUT2D eigenvalue weighted by Crippen LogP contribution is -1.92. The normalized spacial score (nSPS) is 10.0. The first-order valence-corrected chi connectivity index (χ1v) is 4.97. The van der Waals surface area contributed by atoms with E-state index in [0.29, 0.717) is 22.4 Å². The maximum atomic E-state index is 5.87. The number of benzene rings is 1. The highest BCUT2D eigenvalue weighted by atomic mass is 79.9. The molecule has 1 aromatic carbocycles. The molecule has 0 amide bonds. The van der Waals surface area contributed by atoms with E-state index in [4.69, 9.17) is 27.9 Å². The third-order valence-electron chi connectivity index (χ3n) is 1.26. The molecule has 4 heteroatoms. The van der Waals surface area contributed by atoms with Crippen LogP contribution in [0.25, 0.3) is 0 Å². The number of ether oxygens (including phenoxy) is 1. The van der Waals surface area contributed by atoms with Crippen molar-refractivity contribution in [1.82, 2.24) is 0 Å². The zero-order valence-electron chi connectivity index (χ0n) is 6.40. The Morgan fingerprint density at radius 3 is 2.67 bits per heavy atom. The monoisotopic (exact) mass is 268 g/mol. The highest BCUT2D eigenvalue weighted by molar-refractivity contribution is 9.10. The molecule has 0 N–H and O–H groups in total. The molecule has 1 nitrogen and oxygen atoms in total. The lowest BCUT2D eigenvalue weighted by atomic mass is 10.3. The van der Waals surface area contributed by atoms with Gasteiger partial charge < -0.3 is 4.74 Å². The molecule has 0 atom stereocenters. The second-order valence-electron chi connectivity index (χ2n) is 2.13. The first-order chi connectivity index (χ1) is 5.65. The molecular weight excluding hydrogens is 263 g/mol. The largest absolute Gasteiger partial charge is 0.492 e. The van der Waals surface area contributed by atoms with Gasteiger partial charge in [-0.05, 0) is 19.1 Å². The molecule has 0 aromatic heterocycles. The Hall–Kier alpha value is 0.0800. The molecule has 0 saturated heterocycles. The van der Waals surface area contributed by atoms with Crippen LogP contribution in [0.5, 0.6) is 5.75 Å². The van der Waals surface area contributed by atoms with E-state index in [9.17, 15) is 0 Å². The Kier molecular flexibility index (Phi) is 3.69. The summed E-state index contributed by atoms with van der Waals surface area (Å²) in [5.41, 5.74) is 0. The van der Waals surface area contributed by atoms with Gasteiger partial charge in [-0.2, -0.15) is 0 Å². The van der Waals surface area contributed by atoms with Crippen molar-refractivity contribution in [3.8, 4) is 5.75 Å². The molecule has 0 heterocycles. The minimum absolute atomic E-state index is 0.460. The van der Waals surface area contributed by atoms with Crippen molar-refractivity contribution in [1.29, 1.82) is 0 Å². The van der Waals surface area contributed by atoms with Crippen LogP contribution in [0.3, 0.4) is 0 Å². The molecule has 0 spiro atoms. The zero-order chi connectivity index (χ0) is 9.14. The van der Waals surface area contributed by atoms with Crippen LogP contribution in [0.4, 0.5) is 0 Å². The van der Waals surface area contributed by atoms with Crippen LogP contribution in [0, 0.1) is 0 Å². The highest BCUT2D eigenvalue weighted by Crippen LogP contribution is 2.35. The summed E-state index contributed by atoms with van der Waals surface area (Å²) < 4.78 is 6.11. The number of halogens is 3. The van der Waals surface area contributed by atoms with Gasteiger partial charge in [-0.25, -0.2) is 0 Å². The lowest BCUT2D eigenvalue weighted by molar-refractivity contribution is 0.340. The summed E-state index contributed by atoms with van der Waals surface area (Å²) in [4.78, 5) is 0. The Morgan fingerprint density at radius 2 is 2.08 bits per heavy atom. The first kappa shape index (κ1) is 10.2. The topological polar surface area (TPSA) is 9.23 Å². The van der Waals surface area contributed by atoms with Crippen LogP contribution in [0.2, 0.25) is 10.0 Å². The van der Waals surface area contributed by atoms with Gasteiger partial charge in [0.1, 0.15) is 10.8 Å². The second-order valence-corrected chi connectivity index (χ2v) is 3.83. The molecule has 0 aliphatic heterocycles. The second kappa shape index (κ2) is 4.35.